The van der Waals surface area contributed by atoms with E-state index in [1.165, 1.54) is 19.1 Å². The summed E-state index contributed by atoms with van der Waals surface area (Å²) >= 11 is 11.6. The zero-order chi connectivity index (χ0) is 17.0. The maximum Gasteiger partial charge on any atom is 0.343 e. The van der Waals surface area contributed by atoms with E-state index in [-0.39, 0.29) is 5.02 Å². The average Bonchev–Trinajstić information content (AvgIpc) is 2.46. The molecule has 4 nitrogen and oxygen atoms in total. The van der Waals surface area contributed by atoms with Gasteiger partial charge in [0.25, 0.3) is 5.91 Å². The van der Waals surface area contributed by atoms with Crippen molar-refractivity contribution in [3.8, 4) is 0 Å². The number of hydrogen-bond acceptors (Lipinski definition) is 3. The third-order valence-electron chi connectivity index (χ3n) is 2.91. The van der Waals surface area contributed by atoms with Gasteiger partial charge >= 0.3 is 5.97 Å². The van der Waals surface area contributed by atoms with E-state index in [0.717, 1.165) is 6.07 Å². The summed E-state index contributed by atoms with van der Waals surface area (Å²) in [5.74, 6) is -2.40. The van der Waals surface area contributed by atoms with Crippen LogP contribution >= 0.6 is 23.2 Å². The van der Waals surface area contributed by atoms with Crippen LogP contribution in [0, 0.1) is 5.82 Å². The zero-order valence-corrected chi connectivity index (χ0v) is 13.5. The molecule has 0 fully saturated rings. The monoisotopic (exact) mass is 355 g/mol. The molecule has 0 aliphatic heterocycles. The van der Waals surface area contributed by atoms with Gasteiger partial charge < -0.3 is 10.1 Å². The Morgan fingerprint density at radius 3 is 2.52 bits per heavy atom. The first-order valence-electron chi connectivity index (χ1n) is 6.60. The highest BCUT2D eigenvalue weighted by atomic mass is 35.5. The SMILES string of the molecule is C[C@@H](OC(=O)c1c(F)cccc1Cl)C(=O)Nc1cccc(Cl)c1. The lowest BCUT2D eigenvalue weighted by Crippen LogP contribution is -2.30. The summed E-state index contributed by atoms with van der Waals surface area (Å²) in [6.45, 7) is 1.37. The van der Waals surface area contributed by atoms with E-state index in [9.17, 15) is 14.0 Å². The molecule has 2 aromatic rings. The fraction of sp³-hybridized carbons (Fsp3) is 0.125. The Kier molecular flexibility index (Phi) is 5.58. The predicted molar refractivity (Wildman–Crippen MR) is 86.4 cm³/mol. The molecule has 1 atom stereocenters. The summed E-state index contributed by atoms with van der Waals surface area (Å²) in [5, 5.41) is 2.91. The maximum absolute atomic E-state index is 13.6. The number of esters is 1. The van der Waals surface area contributed by atoms with Crippen LogP contribution in [0.15, 0.2) is 42.5 Å². The van der Waals surface area contributed by atoms with Crippen LogP contribution in [0.5, 0.6) is 0 Å². The molecule has 7 heteroatoms. The van der Waals surface area contributed by atoms with E-state index < -0.39 is 29.4 Å². The largest absolute Gasteiger partial charge is 0.449 e. The van der Waals surface area contributed by atoms with Crippen molar-refractivity contribution in [1.82, 2.24) is 0 Å². The molecule has 0 aromatic heterocycles. The Balaban J connectivity index is 2.05. The molecule has 0 saturated carbocycles. The summed E-state index contributed by atoms with van der Waals surface area (Å²) in [6, 6.07) is 10.3. The second-order valence-electron chi connectivity index (χ2n) is 4.64. The van der Waals surface area contributed by atoms with Crippen molar-refractivity contribution in [1.29, 1.82) is 0 Å². The molecule has 0 aliphatic carbocycles. The fourth-order valence-electron chi connectivity index (χ4n) is 1.78. The molecule has 1 N–H and O–H groups in total. The van der Waals surface area contributed by atoms with Gasteiger partial charge in [-0.25, -0.2) is 9.18 Å². The first kappa shape index (κ1) is 17.2. The molecule has 2 rings (SSSR count). The number of benzene rings is 2. The molecule has 0 heterocycles. The minimum absolute atomic E-state index is 0.0857. The number of rotatable bonds is 4. The molecular weight excluding hydrogens is 344 g/mol. The van der Waals surface area contributed by atoms with Gasteiger partial charge in [0.15, 0.2) is 6.10 Å². The van der Waals surface area contributed by atoms with E-state index in [4.69, 9.17) is 27.9 Å². The molecule has 0 saturated heterocycles. The van der Waals surface area contributed by atoms with Crippen molar-refractivity contribution in [3.63, 3.8) is 0 Å². The lowest BCUT2D eigenvalue weighted by molar-refractivity contribution is -0.123. The summed E-state index contributed by atoms with van der Waals surface area (Å²) in [7, 11) is 0. The summed E-state index contributed by atoms with van der Waals surface area (Å²) < 4.78 is 18.6. The molecule has 0 spiro atoms. The summed E-state index contributed by atoms with van der Waals surface area (Å²) in [5.41, 5.74) is 0.0471. The van der Waals surface area contributed by atoms with Gasteiger partial charge in [0.2, 0.25) is 0 Å². The number of anilines is 1. The highest BCUT2D eigenvalue weighted by Crippen LogP contribution is 2.21. The van der Waals surface area contributed by atoms with Gasteiger partial charge in [-0.2, -0.15) is 0 Å². The molecule has 120 valence electrons. The van der Waals surface area contributed by atoms with Crippen molar-refractivity contribution in [2.24, 2.45) is 0 Å². The van der Waals surface area contributed by atoms with Crippen LogP contribution in [0.25, 0.3) is 0 Å². The molecule has 0 aliphatic rings. The van der Waals surface area contributed by atoms with Crippen LogP contribution in [0.1, 0.15) is 17.3 Å². The van der Waals surface area contributed by atoms with Crippen molar-refractivity contribution < 1.29 is 18.7 Å². The molecule has 1 amide bonds. The van der Waals surface area contributed by atoms with Gasteiger partial charge in [-0.05, 0) is 37.3 Å². The predicted octanol–water partition coefficient (Wildman–Crippen LogP) is 4.32. The smallest absolute Gasteiger partial charge is 0.343 e. The van der Waals surface area contributed by atoms with Gasteiger partial charge in [0.1, 0.15) is 11.4 Å². The standard InChI is InChI=1S/C16H12Cl2FNO3/c1-9(15(21)20-11-5-2-4-10(17)8-11)23-16(22)14-12(18)6-3-7-13(14)19/h2-9H,1H3,(H,20,21)/t9-/m1/s1. The Morgan fingerprint density at radius 2 is 1.87 bits per heavy atom. The topological polar surface area (TPSA) is 55.4 Å². The van der Waals surface area contributed by atoms with Gasteiger partial charge in [0.05, 0.1) is 5.02 Å². The third kappa shape index (κ3) is 4.43. The quantitative estimate of drug-likeness (QED) is 0.831. The van der Waals surface area contributed by atoms with E-state index in [1.54, 1.807) is 24.3 Å². The second kappa shape index (κ2) is 7.44. The Hall–Kier alpha value is -2.11. The van der Waals surface area contributed by atoms with Crippen LogP contribution in [0.3, 0.4) is 0 Å². The maximum atomic E-state index is 13.6. The highest BCUT2D eigenvalue weighted by molar-refractivity contribution is 6.33. The lowest BCUT2D eigenvalue weighted by atomic mass is 10.2. The minimum atomic E-state index is -1.14. The van der Waals surface area contributed by atoms with Gasteiger partial charge in [-0.15, -0.1) is 0 Å². The van der Waals surface area contributed by atoms with Gasteiger partial charge in [-0.1, -0.05) is 35.3 Å². The Labute approximate surface area is 142 Å². The molecule has 2 aromatic carbocycles. The van der Waals surface area contributed by atoms with Crippen LogP contribution in [0.2, 0.25) is 10.0 Å². The number of ether oxygens (including phenoxy) is 1. The van der Waals surface area contributed by atoms with E-state index >= 15 is 0 Å². The average molecular weight is 356 g/mol. The Morgan fingerprint density at radius 1 is 1.17 bits per heavy atom. The van der Waals surface area contributed by atoms with Crippen molar-refractivity contribution in [2.75, 3.05) is 5.32 Å². The van der Waals surface area contributed by atoms with E-state index in [0.29, 0.717) is 10.7 Å². The normalized spacial score (nSPS) is 11.7. The van der Waals surface area contributed by atoms with E-state index in [2.05, 4.69) is 5.32 Å². The van der Waals surface area contributed by atoms with Crippen molar-refractivity contribution in [3.05, 3.63) is 63.9 Å². The van der Waals surface area contributed by atoms with Crippen molar-refractivity contribution >= 4 is 40.8 Å². The van der Waals surface area contributed by atoms with Crippen LogP contribution in [0.4, 0.5) is 10.1 Å². The third-order valence-corrected chi connectivity index (χ3v) is 3.46. The van der Waals surface area contributed by atoms with Crippen LogP contribution < -0.4 is 5.32 Å². The lowest BCUT2D eigenvalue weighted by Gasteiger charge is -2.14. The first-order valence-corrected chi connectivity index (χ1v) is 7.35. The highest BCUT2D eigenvalue weighted by Gasteiger charge is 2.23. The Bertz CT molecular complexity index is 732. The first-order chi connectivity index (χ1) is 10.9. The number of carbonyl (C=O) groups excluding carboxylic acids is 2. The van der Waals surface area contributed by atoms with Gasteiger partial charge in [-0.3, -0.25) is 4.79 Å². The zero-order valence-electron chi connectivity index (χ0n) is 12.0. The molecule has 23 heavy (non-hydrogen) atoms. The van der Waals surface area contributed by atoms with Crippen LogP contribution in [-0.4, -0.2) is 18.0 Å². The number of nitrogens with one attached hydrogen (secondary N) is 1. The summed E-state index contributed by atoms with van der Waals surface area (Å²) in [6.07, 6.45) is -1.14. The summed E-state index contributed by atoms with van der Waals surface area (Å²) in [4.78, 5) is 24.0. The molecule has 0 bridgehead atoms. The number of carbonyl (C=O) groups is 2. The molecular formula is C16H12Cl2FNO3. The van der Waals surface area contributed by atoms with Crippen LogP contribution in [-0.2, 0) is 9.53 Å². The van der Waals surface area contributed by atoms with Crippen molar-refractivity contribution in [2.45, 2.75) is 13.0 Å². The second-order valence-corrected chi connectivity index (χ2v) is 5.49. The molecule has 0 unspecified atom stereocenters. The fourth-order valence-corrected chi connectivity index (χ4v) is 2.21. The minimum Gasteiger partial charge on any atom is -0.449 e. The number of amides is 1. The molecule has 0 radical (unpaired) electrons. The van der Waals surface area contributed by atoms with E-state index in [1.807, 2.05) is 0 Å². The number of halogens is 3. The van der Waals surface area contributed by atoms with Gasteiger partial charge in [0, 0.05) is 10.7 Å². The number of hydrogen-bond donors (Lipinski definition) is 1.